The number of carbonyl (C=O) groups excluding carboxylic acids is 2. The van der Waals surface area contributed by atoms with Crippen LogP contribution < -0.4 is 11.1 Å². The fourth-order valence-electron chi connectivity index (χ4n) is 3.33. The van der Waals surface area contributed by atoms with Crippen LogP contribution in [0.15, 0.2) is 16.8 Å². The monoisotopic (exact) mass is 494 g/mol. The van der Waals surface area contributed by atoms with E-state index in [1.807, 2.05) is 0 Å². The minimum atomic E-state index is -2.40. The number of dihydropyridines is 1. The molecule has 1 atom stereocenters. The smallest absolute Gasteiger partial charge is 0.340 e. The summed E-state index contributed by atoms with van der Waals surface area (Å²) in [5, 5.41) is 2.76. The number of hydrogen-bond donors (Lipinski definition) is 2. The van der Waals surface area contributed by atoms with Gasteiger partial charge in [-0.2, -0.15) is 0 Å². The van der Waals surface area contributed by atoms with Gasteiger partial charge in [-0.3, -0.25) is 0 Å². The first-order valence-corrected chi connectivity index (χ1v) is 9.88. The van der Waals surface area contributed by atoms with E-state index < -0.39 is 69.3 Å². The Hall–Kier alpha value is -3.03. The molecule has 0 saturated heterocycles. The second-order valence-corrected chi connectivity index (χ2v) is 6.89. The maximum Gasteiger partial charge on any atom is 0.340 e. The number of hydrogen-bond acceptors (Lipinski definition) is 8. The van der Waals surface area contributed by atoms with Crippen LogP contribution in [0.2, 0.25) is 0 Å². The third kappa shape index (κ3) is 5.37. The summed E-state index contributed by atoms with van der Waals surface area (Å²) in [4.78, 5) is 25.1. The summed E-state index contributed by atoms with van der Waals surface area (Å²) in [5.74, 6) is -13.8. The van der Waals surface area contributed by atoms with Gasteiger partial charge < -0.3 is 30.0 Å². The Morgan fingerprint density at radius 3 is 1.91 bits per heavy atom. The summed E-state index contributed by atoms with van der Waals surface area (Å²) < 4.78 is 91.2. The Labute approximate surface area is 191 Å². The van der Waals surface area contributed by atoms with Crippen molar-refractivity contribution in [2.24, 2.45) is 5.73 Å². The van der Waals surface area contributed by atoms with Gasteiger partial charge in [0.2, 0.25) is 5.82 Å². The molecule has 0 spiro atoms. The topological polar surface area (TPSA) is 109 Å². The predicted octanol–water partition coefficient (Wildman–Crippen LogP) is 1.72. The number of nitrogens with one attached hydrogen (secondary N) is 1. The minimum absolute atomic E-state index is 0.0249. The van der Waals surface area contributed by atoms with E-state index in [0.717, 1.165) is 14.2 Å². The highest BCUT2D eigenvalue weighted by atomic mass is 19.2. The molecular formula is C21H23F5N2O6. The molecule has 1 aromatic rings. The molecule has 34 heavy (non-hydrogen) atoms. The number of methoxy groups -OCH3 is 2. The first-order chi connectivity index (χ1) is 16.1. The summed E-state index contributed by atoms with van der Waals surface area (Å²) in [5.41, 5.74) is 1.68. The molecule has 1 aliphatic rings. The van der Waals surface area contributed by atoms with Crippen molar-refractivity contribution in [1.82, 2.24) is 5.32 Å². The summed E-state index contributed by atoms with van der Waals surface area (Å²) in [6.45, 7) is 1.69. The van der Waals surface area contributed by atoms with Gasteiger partial charge in [0.05, 0.1) is 63.4 Å². The van der Waals surface area contributed by atoms with Crippen LogP contribution in [0.5, 0.6) is 0 Å². The van der Waals surface area contributed by atoms with Crippen molar-refractivity contribution in [3.8, 4) is 0 Å². The van der Waals surface area contributed by atoms with E-state index in [-0.39, 0.29) is 38.7 Å². The van der Waals surface area contributed by atoms with E-state index in [9.17, 15) is 31.5 Å². The molecule has 0 bridgehead atoms. The average Bonchev–Trinajstić information content (AvgIpc) is 2.82. The fraction of sp³-hybridized carbons (Fsp3) is 0.429. The molecule has 8 nitrogen and oxygen atoms in total. The zero-order valence-corrected chi connectivity index (χ0v) is 18.5. The number of ether oxygens (including phenoxy) is 4. The van der Waals surface area contributed by atoms with Gasteiger partial charge in [-0.25, -0.2) is 31.5 Å². The van der Waals surface area contributed by atoms with Crippen molar-refractivity contribution >= 4 is 17.5 Å². The second-order valence-electron chi connectivity index (χ2n) is 6.89. The second kappa shape index (κ2) is 11.9. The van der Waals surface area contributed by atoms with Gasteiger partial charge in [0.1, 0.15) is 0 Å². The molecule has 2 rings (SSSR count). The molecule has 0 radical (unpaired) electrons. The number of benzene rings is 1. The van der Waals surface area contributed by atoms with Crippen LogP contribution in [-0.2, 0) is 28.5 Å². The molecule has 3 N–H and O–H groups in total. The van der Waals surface area contributed by atoms with Crippen LogP contribution >= 0.6 is 0 Å². The van der Waals surface area contributed by atoms with Gasteiger partial charge in [-0.15, -0.1) is 0 Å². The molecule has 13 heteroatoms. The van der Waals surface area contributed by atoms with Crippen LogP contribution in [0.4, 0.5) is 22.0 Å². The van der Waals surface area contributed by atoms with Crippen molar-refractivity contribution in [2.45, 2.75) is 13.0 Å². The van der Waals surface area contributed by atoms with Crippen LogP contribution in [0.1, 0.15) is 12.5 Å². The summed E-state index contributed by atoms with van der Waals surface area (Å²) >= 11 is 0. The van der Waals surface area contributed by atoms with E-state index >= 15 is 0 Å². The van der Waals surface area contributed by atoms with Gasteiger partial charge in [-0.1, -0.05) is 0 Å². The van der Waals surface area contributed by atoms with Gasteiger partial charge >= 0.3 is 11.9 Å². The standard InChI is InChI=1S/C21H23F5N2O6/c1-9-11(20(29)31-2)13(14-15(22)17(24)19(26)18(25)16(14)23)12(21(30)32-3)10(28-9)8-34-7-6-33-5-4-27/h10,28H,4-8,27H2,1-3H3. The number of carbonyl (C=O) groups is 2. The summed E-state index contributed by atoms with van der Waals surface area (Å²) in [6, 6.07) is -1.19. The molecule has 0 saturated carbocycles. The van der Waals surface area contributed by atoms with Crippen LogP contribution in [0.3, 0.4) is 0 Å². The van der Waals surface area contributed by atoms with Crippen molar-refractivity contribution in [2.75, 3.05) is 47.2 Å². The number of halogens is 5. The quantitative estimate of drug-likeness (QED) is 0.166. The normalized spacial score (nSPS) is 16.0. The molecule has 1 aromatic carbocycles. The number of esters is 2. The van der Waals surface area contributed by atoms with Crippen LogP contribution in [0.25, 0.3) is 5.57 Å². The lowest BCUT2D eigenvalue weighted by Crippen LogP contribution is -2.43. The van der Waals surface area contributed by atoms with Gasteiger partial charge in [0.15, 0.2) is 23.3 Å². The predicted molar refractivity (Wildman–Crippen MR) is 108 cm³/mol. The van der Waals surface area contributed by atoms with Crippen molar-refractivity contribution in [3.05, 3.63) is 51.5 Å². The van der Waals surface area contributed by atoms with E-state index in [1.165, 1.54) is 6.92 Å². The molecule has 1 aliphatic heterocycles. The zero-order valence-electron chi connectivity index (χ0n) is 18.5. The van der Waals surface area contributed by atoms with Gasteiger partial charge in [0.25, 0.3) is 0 Å². The Morgan fingerprint density at radius 1 is 0.853 bits per heavy atom. The highest BCUT2D eigenvalue weighted by Gasteiger charge is 2.40. The van der Waals surface area contributed by atoms with E-state index in [1.54, 1.807) is 0 Å². The lowest BCUT2D eigenvalue weighted by atomic mass is 9.84. The van der Waals surface area contributed by atoms with Crippen molar-refractivity contribution < 1.29 is 50.5 Å². The van der Waals surface area contributed by atoms with Crippen LogP contribution in [0, 0.1) is 29.1 Å². The molecule has 188 valence electrons. The third-order valence-electron chi connectivity index (χ3n) is 4.81. The maximum absolute atomic E-state index is 14.8. The summed E-state index contributed by atoms with van der Waals surface area (Å²) in [7, 11) is 1.88. The first-order valence-electron chi connectivity index (χ1n) is 9.88. The Morgan fingerprint density at radius 2 is 1.38 bits per heavy atom. The number of rotatable bonds is 10. The maximum atomic E-state index is 14.8. The highest BCUT2D eigenvalue weighted by Crippen LogP contribution is 2.39. The molecular weight excluding hydrogens is 471 g/mol. The Kier molecular flexibility index (Phi) is 9.53. The lowest BCUT2D eigenvalue weighted by molar-refractivity contribution is -0.136. The largest absolute Gasteiger partial charge is 0.466 e. The first kappa shape index (κ1) is 27.2. The number of allylic oxidation sites excluding steroid dienone is 1. The molecule has 0 amide bonds. The third-order valence-corrected chi connectivity index (χ3v) is 4.81. The van der Waals surface area contributed by atoms with E-state index in [2.05, 4.69) is 14.8 Å². The lowest BCUT2D eigenvalue weighted by Gasteiger charge is -2.31. The van der Waals surface area contributed by atoms with Crippen molar-refractivity contribution in [3.63, 3.8) is 0 Å². The molecule has 0 aromatic heterocycles. The van der Waals surface area contributed by atoms with Gasteiger partial charge in [-0.05, 0) is 6.92 Å². The SMILES string of the molecule is COC(=O)C1=C(C)NC(COCCOCCN)C(C(=O)OC)=C1c1c(F)c(F)c(F)c(F)c1F. The average molecular weight is 494 g/mol. The van der Waals surface area contributed by atoms with Crippen molar-refractivity contribution in [1.29, 1.82) is 0 Å². The fourth-order valence-corrected chi connectivity index (χ4v) is 3.33. The summed E-state index contributed by atoms with van der Waals surface area (Å²) in [6.07, 6.45) is 0. The Balaban J connectivity index is 2.73. The highest BCUT2D eigenvalue weighted by molar-refractivity contribution is 6.14. The molecule has 0 fully saturated rings. The molecule has 1 unspecified atom stereocenters. The molecule has 1 heterocycles. The Bertz CT molecular complexity index is 998. The minimum Gasteiger partial charge on any atom is -0.466 e. The zero-order chi connectivity index (χ0) is 25.6. The van der Waals surface area contributed by atoms with Gasteiger partial charge in [0, 0.05) is 17.8 Å². The number of nitrogens with two attached hydrogens (primary N) is 1. The van der Waals surface area contributed by atoms with E-state index in [0.29, 0.717) is 0 Å². The van der Waals surface area contributed by atoms with Crippen LogP contribution in [-0.4, -0.2) is 65.2 Å². The molecule has 0 aliphatic carbocycles. The van der Waals surface area contributed by atoms with E-state index in [4.69, 9.17) is 15.2 Å².